The third-order valence-corrected chi connectivity index (χ3v) is 8.67. The molecule has 0 aromatic heterocycles. The van der Waals surface area contributed by atoms with Gasteiger partial charge in [0.25, 0.3) is 5.91 Å². The normalized spacial score (nSPS) is 28.4. The molecule has 2 fully saturated rings. The molecule has 1 unspecified atom stereocenters. The first-order valence-electron chi connectivity index (χ1n) is 13.2. The Balaban J connectivity index is 1.56. The molecule has 2 amide bonds. The molecule has 12 nitrogen and oxygen atoms in total. The lowest BCUT2D eigenvalue weighted by molar-refractivity contribution is -0.153. The SMILES string of the molecule is CN(C)C1C(=O)C(C(N)=O)=C(O)[C@@]2(O)C(=O)C3=C(O)c4c(O)ccc(CCC(=O)N5CCOCC5)c4C[C@H]3C[C@@H]12. The van der Waals surface area contributed by atoms with E-state index in [1.807, 2.05) is 0 Å². The molecule has 12 heteroatoms. The molecule has 1 aliphatic heterocycles. The third-order valence-electron chi connectivity index (χ3n) is 8.67. The minimum Gasteiger partial charge on any atom is -0.508 e. The number of carbonyl (C=O) groups is 4. The van der Waals surface area contributed by atoms with E-state index < -0.39 is 58.0 Å². The number of fused-ring (bicyclic) bond motifs is 3. The van der Waals surface area contributed by atoms with Crippen LogP contribution in [0.4, 0.5) is 0 Å². The van der Waals surface area contributed by atoms with Gasteiger partial charge in [0.2, 0.25) is 11.7 Å². The first kappa shape index (κ1) is 27.8. The second kappa shape index (κ2) is 10.0. The van der Waals surface area contributed by atoms with Gasteiger partial charge >= 0.3 is 0 Å². The van der Waals surface area contributed by atoms with E-state index in [1.165, 1.54) is 11.0 Å². The Kier molecular flexibility index (Phi) is 6.97. The number of aliphatic hydroxyl groups is 3. The van der Waals surface area contributed by atoms with Crippen molar-refractivity contribution in [1.29, 1.82) is 0 Å². The van der Waals surface area contributed by atoms with Crippen molar-refractivity contribution in [3.8, 4) is 5.75 Å². The maximum atomic E-state index is 13.9. The van der Waals surface area contributed by atoms with Crippen molar-refractivity contribution < 1.29 is 44.3 Å². The number of ether oxygens (including phenoxy) is 1. The summed E-state index contributed by atoms with van der Waals surface area (Å²) in [5, 5.41) is 44.6. The Labute approximate surface area is 230 Å². The highest BCUT2D eigenvalue weighted by molar-refractivity contribution is 6.24. The summed E-state index contributed by atoms with van der Waals surface area (Å²) in [7, 11) is 3.10. The number of hydrogen-bond donors (Lipinski definition) is 5. The number of carbonyl (C=O) groups excluding carboxylic acids is 4. The Morgan fingerprint density at radius 3 is 2.45 bits per heavy atom. The van der Waals surface area contributed by atoms with Crippen LogP contribution in [0.25, 0.3) is 5.76 Å². The Bertz CT molecular complexity index is 1370. The average Bonchev–Trinajstić information content (AvgIpc) is 2.90. The number of aliphatic hydroxyl groups excluding tert-OH is 2. The van der Waals surface area contributed by atoms with Gasteiger partial charge in [-0.3, -0.25) is 24.1 Å². The fraction of sp³-hybridized carbons (Fsp3) is 0.500. The highest BCUT2D eigenvalue weighted by atomic mass is 16.5. The van der Waals surface area contributed by atoms with Crippen molar-refractivity contribution in [3.63, 3.8) is 0 Å². The van der Waals surface area contributed by atoms with Crippen molar-refractivity contribution in [2.75, 3.05) is 40.4 Å². The standard InChI is InChI=1S/C28H33N3O9/c1-30(2)22-16-12-14-11-15-13(4-6-18(33)31-7-9-40-10-8-31)3-5-17(32)20(15)23(34)19(14)25(36)28(16,39)26(37)21(24(22)35)27(29)38/h3,5,14,16,22,32,34,37,39H,4,6-12H2,1-2H3,(H2,29,38)/t14-,16-,22?,28-/m0/s1. The van der Waals surface area contributed by atoms with Gasteiger partial charge in [0.1, 0.15) is 22.8 Å². The monoisotopic (exact) mass is 555 g/mol. The van der Waals surface area contributed by atoms with Gasteiger partial charge < -0.3 is 35.8 Å². The number of phenolic OH excluding ortho intramolecular Hbond substituents is 1. The van der Waals surface area contributed by atoms with E-state index in [2.05, 4.69) is 0 Å². The number of rotatable bonds is 5. The fourth-order valence-corrected chi connectivity index (χ4v) is 6.75. The van der Waals surface area contributed by atoms with Gasteiger partial charge in [-0.15, -0.1) is 0 Å². The smallest absolute Gasteiger partial charge is 0.255 e. The largest absolute Gasteiger partial charge is 0.508 e. The molecule has 1 saturated carbocycles. The number of aryl methyl sites for hydroxylation is 1. The first-order chi connectivity index (χ1) is 18.9. The summed E-state index contributed by atoms with van der Waals surface area (Å²) in [4.78, 5) is 55.1. The minimum absolute atomic E-state index is 0.00751. The van der Waals surface area contributed by atoms with E-state index >= 15 is 0 Å². The molecule has 214 valence electrons. The highest BCUT2D eigenvalue weighted by Crippen LogP contribution is 2.53. The molecule has 1 heterocycles. The molecule has 0 bridgehead atoms. The van der Waals surface area contributed by atoms with Gasteiger partial charge in [-0.2, -0.15) is 0 Å². The lowest BCUT2D eigenvalue weighted by atomic mass is 9.57. The highest BCUT2D eigenvalue weighted by Gasteiger charge is 2.64. The Hall–Kier alpha value is -3.74. The molecule has 1 saturated heterocycles. The zero-order valence-electron chi connectivity index (χ0n) is 22.3. The van der Waals surface area contributed by atoms with Crippen LogP contribution in [0, 0.1) is 11.8 Å². The van der Waals surface area contributed by atoms with Gasteiger partial charge in [0.05, 0.1) is 24.8 Å². The molecule has 3 aliphatic carbocycles. The molecule has 0 radical (unpaired) electrons. The number of aromatic hydroxyl groups is 1. The summed E-state index contributed by atoms with van der Waals surface area (Å²) < 4.78 is 5.30. The maximum Gasteiger partial charge on any atom is 0.255 e. The summed E-state index contributed by atoms with van der Waals surface area (Å²) >= 11 is 0. The number of Topliss-reactive ketones (excluding diaryl/α,β-unsaturated/α-hetero) is 2. The zero-order valence-corrected chi connectivity index (χ0v) is 22.3. The van der Waals surface area contributed by atoms with Crippen LogP contribution in [0.15, 0.2) is 29.0 Å². The Morgan fingerprint density at radius 1 is 1.15 bits per heavy atom. The van der Waals surface area contributed by atoms with Crippen molar-refractivity contribution in [2.45, 2.75) is 37.3 Å². The van der Waals surface area contributed by atoms with Crippen LogP contribution in [0.1, 0.15) is 29.5 Å². The number of likely N-dealkylation sites (N-methyl/N-ethyl adjacent to an activating group) is 1. The molecule has 5 rings (SSSR count). The first-order valence-corrected chi connectivity index (χ1v) is 13.2. The van der Waals surface area contributed by atoms with Gasteiger partial charge in [-0.25, -0.2) is 0 Å². The second-order valence-electron chi connectivity index (χ2n) is 11.1. The summed E-state index contributed by atoms with van der Waals surface area (Å²) in [6.45, 7) is 1.98. The van der Waals surface area contributed by atoms with Gasteiger partial charge in [-0.1, -0.05) is 6.07 Å². The van der Waals surface area contributed by atoms with Crippen LogP contribution < -0.4 is 5.73 Å². The van der Waals surface area contributed by atoms with E-state index in [9.17, 15) is 39.6 Å². The predicted molar refractivity (Wildman–Crippen MR) is 140 cm³/mol. The number of nitrogens with two attached hydrogens (primary N) is 1. The quantitative estimate of drug-likeness (QED) is 0.303. The van der Waals surface area contributed by atoms with Crippen molar-refractivity contribution in [3.05, 3.63) is 45.7 Å². The van der Waals surface area contributed by atoms with Gasteiger partial charge in [0, 0.05) is 31.0 Å². The number of primary amides is 1. The zero-order chi connectivity index (χ0) is 29.1. The van der Waals surface area contributed by atoms with Crippen LogP contribution in [-0.4, -0.2) is 106 Å². The number of ketones is 2. The second-order valence-corrected chi connectivity index (χ2v) is 11.1. The van der Waals surface area contributed by atoms with E-state index in [0.29, 0.717) is 38.3 Å². The van der Waals surface area contributed by atoms with E-state index in [1.54, 1.807) is 25.1 Å². The molecule has 6 N–H and O–H groups in total. The summed E-state index contributed by atoms with van der Waals surface area (Å²) in [6, 6.07) is 1.91. The molecule has 40 heavy (non-hydrogen) atoms. The number of benzene rings is 1. The third kappa shape index (κ3) is 4.09. The molecular weight excluding hydrogens is 522 g/mol. The molecule has 0 spiro atoms. The number of hydrogen-bond acceptors (Lipinski definition) is 10. The topological polar surface area (TPSA) is 191 Å². The van der Waals surface area contributed by atoms with E-state index in [0.717, 1.165) is 5.56 Å². The van der Waals surface area contributed by atoms with E-state index in [4.69, 9.17) is 10.5 Å². The molecule has 4 aliphatic rings. The Morgan fingerprint density at radius 2 is 1.82 bits per heavy atom. The molecular formula is C28H33N3O9. The van der Waals surface area contributed by atoms with Gasteiger partial charge in [-0.05, 0) is 56.5 Å². The fourth-order valence-electron chi connectivity index (χ4n) is 6.75. The number of phenols is 1. The van der Waals surface area contributed by atoms with Crippen molar-refractivity contribution in [1.82, 2.24) is 9.80 Å². The number of amides is 2. The predicted octanol–water partition coefficient (Wildman–Crippen LogP) is -0.245. The van der Waals surface area contributed by atoms with Crippen molar-refractivity contribution >= 4 is 29.1 Å². The van der Waals surface area contributed by atoms with Crippen LogP contribution in [0.5, 0.6) is 5.75 Å². The van der Waals surface area contributed by atoms with Crippen LogP contribution >= 0.6 is 0 Å². The summed E-state index contributed by atoms with van der Waals surface area (Å²) in [6.07, 6.45) is 0.726. The molecule has 1 aromatic rings. The molecule has 1 aromatic carbocycles. The summed E-state index contributed by atoms with van der Waals surface area (Å²) in [5.41, 5.74) is 2.92. The number of morpholine rings is 1. The maximum absolute atomic E-state index is 13.9. The lowest BCUT2D eigenvalue weighted by Gasteiger charge is -2.50. The van der Waals surface area contributed by atoms with Crippen LogP contribution in [0.3, 0.4) is 0 Å². The van der Waals surface area contributed by atoms with Gasteiger partial charge in [0.15, 0.2) is 11.4 Å². The summed E-state index contributed by atoms with van der Waals surface area (Å²) in [5.74, 6) is -6.94. The van der Waals surface area contributed by atoms with Crippen LogP contribution in [0.2, 0.25) is 0 Å². The number of nitrogens with zero attached hydrogens (tertiary/aromatic N) is 2. The average molecular weight is 556 g/mol. The van der Waals surface area contributed by atoms with Crippen LogP contribution in [-0.2, 0) is 36.8 Å². The lowest BCUT2D eigenvalue weighted by Crippen LogP contribution is -2.65. The molecule has 4 atom stereocenters. The van der Waals surface area contributed by atoms with E-state index in [-0.39, 0.29) is 42.1 Å². The van der Waals surface area contributed by atoms with Crippen molar-refractivity contribution in [2.24, 2.45) is 17.6 Å². The minimum atomic E-state index is -2.68.